The summed E-state index contributed by atoms with van der Waals surface area (Å²) in [5.74, 6) is 0. The molecular weight excluding hydrogens is 358 g/mol. The molecule has 0 saturated carbocycles. The summed E-state index contributed by atoms with van der Waals surface area (Å²) in [6.45, 7) is 4.88. The Morgan fingerprint density at radius 1 is 1.26 bits per heavy atom. The predicted molar refractivity (Wildman–Crippen MR) is 89.3 cm³/mol. The zero-order valence-corrected chi connectivity index (χ0v) is 14.5. The Hall–Kier alpha value is -1.75. The number of nitrogens with zero attached hydrogens (tertiary/aromatic N) is 5. The number of ether oxygens (including phenoxy) is 1. The van der Waals surface area contributed by atoms with E-state index in [1.807, 2.05) is 31.2 Å². The van der Waals surface area contributed by atoms with E-state index < -0.39 is 0 Å². The molecule has 1 saturated heterocycles. The van der Waals surface area contributed by atoms with Crippen LogP contribution < -0.4 is 0 Å². The van der Waals surface area contributed by atoms with Crippen LogP contribution in [0.15, 0.2) is 28.7 Å². The van der Waals surface area contributed by atoms with Crippen molar-refractivity contribution in [2.24, 2.45) is 0 Å². The van der Waals surface area contributed by atoms with Crippen molar-refractivity contribution in [2.75, 3.05) is 26.3 Å². The van der Waals surface area contributed by atoms with Crippen molar-refractivity contribution in [1.29, 1.82) is 5.26 Å². The lowest BCUT2D eigenvalue weighted by molar-refractivity contribution is 0.0268. The molecule has 1 aromatic carbocycles. The molecule has 1 aliphatic rings. The summed E-state index contributed by atoms with van der Waals surface area (Å²) < 4.78 is 6.37. The summed E-state index contributed by atoms with van der Waals surface area (Å²) in [6.07, 6.45) is 0.582. The molecule has 2 aromatic rings. The Morgan fingerprint density at radius 2 is 1.96 bits per heavy atom. The van der Waals surface area contributed by atoms with E-state index in [-0.39, 0.29) is 6.04 Å². The Bertz CT molecular complexity index is 700. The van der Waals surface area contributed by atoms with Crippen LogP contribution in [-0.2, 0) is 11.2 Å². The van der Waals surface area contributed by atoms with Crippen LogP contribution in [0.1, 0.15) is 11.4 Å². The highest BCUT2D eigenvalue weighted by Gasteiger charge is 2.23. The van der Waals surface area contributed by atoms with Crippen LogP contribution in [0, 0.1) is 18.3 Å². The smallest absolute Gasteiger partial charge is 0.104 e. The number of nitriles is 1. The third kappa shape index (κ3) is 3.78. The molecule has 1 aromatic heterocycles. The lowest BCUT2D eigenvalue weighted by Gasteiger charge is -2.30. The van der Waals surface area contributed by atoms with Crippen LogP contribution >= 0.6 is 15.9 Å². The number of morpholine rings is 1. The number of hydrogen-bond acceptors (Lipinski definition) is 5. The van der Waals surface area contributed by atoms with Crippen LogP contribution in [0.3, 0.4) is 0 Å². The van der Waals surface area contributed by atoms with Crippen molar-refractivity contribution in [3.05, 3.63) is 40.1 Å². The van der Waals surface area contributed by atoms with Crippen molar-refractivity contribution in [3.8, 4) is 11.8 Å². The summed E-state index contributed by atoms with van der Waals surface area (Å²) >= 11 is 3.42. The molecule has 0 N–H and O–H groups in total. The second-order valence-corrected chi connectivity index (χ2v) is 6.41. The molecule has 0 amide bonds. The summed E-state index contributed by atoms with van der Waals surface area (Å²) in [6, 6.07) is 10.0. The van der Waals surface area contributed by atoms with Gasteiger partial charge in [-0.1, -0.05) is 15.9 Å². The summed E-state index contributed by atoms with van der Waals surface area (Å²) in [5.41, 5.74) is 2.63. The fourth-order valence-corrected chi connectivity index (χ4v) is 2.88. The van der Waals surface area contributed by atoms with Crippen LogP contribution in [0.2, 0.25) is 0 Å². The second-order valence-electron chi connectivity index (χ2n) is 5.50. The van der Waals surface area contributed by atoms with E-state index in [0.29, 0.717) is 19.6 Å². The molecule has 1 fully saturated rings. The topological polar surface area (TPSA) is 67.0 Å². The largest absolute Gasteiger partial charge is 0.379 e. The molecule has 2 heterocycles. The standard InChI is InChI=1S/C16H18BrN5O/c1-12-16(10-15(11-18)21-6-8-23-9-7-21)20-22(19-12)14-4-2-13(17)3-5-14/h2-5,15H,6-10H2,1H3. The van der Waals surface area contributed by atoms with E-state index in [1.54, 1.807) is 4.80 Å². The van der Waals surface area contributed by atoms with Crippen molar-refractivity contribution >= 4 is 15.9 Å². The summed E-state index contributed by atoms with van der Waals surface area (Å²) in [5, 5.41) is 18.5. The van der Waals surface area contributed by atoms with Crippen molar-refractivity contribution in [2.45, 2.75) is 19.4 Å². The minimum absolute atomic E-state index is 0.187. The Morgan fingerprint density at radius 3 is 2.61 bits per heavy atom. The molecule has 0 radical (unpaired) electrons. The minimum Gasteiger partial charge on any atom is -0.379 e. The molecular formula is C16H18BrN5O. The van der Waals surface area contributed by atoms with E-state index in [2.05, 4.69) is 37.1 Å². The second kappa shape index (κ2) is 7.21. The van der Waals surface area contributed by atoms with E-state index in [0.717, 1.165) is 34.6 Å². The first-order chi connectivity index (χ1) is 11.2. The van der Waals surface area contributed by atoms with E-state index in [4.69, 9.17) is 4.74 Å². The van der Waals surface area contributed by atoms with Gasteiger partial charge < -0.3 is 4.74 Å². The van der Waals surface area contributed by atoms with Crippen LogP contribution in [-0.4, -0.2) is 52.2 Å². The maximum Gasteiger partial charge on any atom is 0.104 e. The van der Waals surface area contributed by atoms with Gasteiger partial charge in [-0.25, -0.2) is 0 Å². The van der Waals surface area contributed by atoms with Gasteiger partial charge in [0, 0.05) is 24.0 Å². The number of aryl methyl sites for hydroxylation is 1. The fourth-order valence-electron chi connectivity index (χ4n) is 2.62. The quantitative estimate of drug-likeness (QED) is 0.818. The number of halogens is 1. The van der Waals surface area contributed by atoms with Crippen LogP contribution in [0.4, 0.5) is 0 Å². The van der Waals surface area contributed by atoms with E-state index >= 15 is 0 Å². The average Bonchev–Trinajstić information content (AvgIpc) is 2.95. The van der Waals surface area contributed by atoms with Gasteiger partial charge in [0.15, 0.2) is 0 Å². The van der Waals surface area contributed by atoms with Gasteiger partial charge in [0.25, 0.3) is 0 Å². The molecule has 0 spiro atoms. The Balaban J connectivity index is 1.77. The number of benzene rings is 1. The first-order valence-corrected chi connectivity index (χ1v) is 8.37. The molecule has 0 aliphatic carbocycles. The molecule has 1 unspecified atom stereocenters. The third-order valence-corrected chi connectivity index (χ3v) is 4.49. The van der Waals surface area contributed by atoms with Crippen LogP contribution in [0.5, 0.6) is 0 Å². The van der Waals surface area contributed by atoms with Gasteiger partial charge in [0.1, 0.15) is 6.04 Å². The molecule has 0 bridgehead atoms. The number of hydrogen-bond donors (Lipinski definition) is 0. The maximum atomic E-state index is 9.49. The van der Waals surface area contributed by atoms with E-state index in [1.165, 1.54) is 0 Å². The van der Waals surface area contributed by atoms with Crippen molar-refractivity contribution in [1.82, 2.24) is 19.9 Å². The highest BCUT2D eigenvalue weighted by molar-refractivity contribution is 9.10. The maximum absolute atomic E-state index is 9.49. The van der Waals surface area contributed by atoms with Gasteiger partial charge in [-0.3, -0.25) is 4.90 Å². The van der Waals surface area contributed by atoms with Gasteiger partial charge in [0.2, 0.25) is 0 Å². The number of aromatic nitrogens is 3. The molecule has 1 atom stereocenters. The average molecular weight is 376 g/mol. The van der Waals surface area contributed by atoms with Gasteiger partial charge in [-0.15, -0.1) is 0 Å². The normalized spacial score (nSPS) is 16.9. The summed E-state index contributed by atoms with van der Waals surface area (Å²) in [4.78, 5) is 3.78. The minimum atomic E-state index is -0.187. The van der Waals surface area contributed by atoms with Gasteiger partial charge in [-0.2, -0.15) is 20.3 Å². The first-order valence-electron chi connectivity index (χ1n) is 7.57. The SMILES string of the molecule is Cc1nn(-c2ccc(Br)cc2)nc1CC(C#N)N1CCOCC1. The van der Waals surface area contributed by atoms with Crippen molar-refractivity contribution < 1.29 is 4.74 Å². The first kappa shape index (κ1) is 16.1. The predicted octanol–water partition coefficient (Wildman–Crippen LogP) is 2.11. The molecule has 3 rings (SSSR count). The van der Waals surface area contributed by atoms with Crippen LogP contribution in [0.25, 0.3) is 5.69 Å². The third-order valence-electron chi connectivity index (χ3n) is 3.96. The zero-order valence-electron chi connectivity index (χ0n) is 12.9. The molecule has 6 nitrogen and oxygen atoms in total. The van der Waals surface area contributed by atoms with Crippen molar-refractivity contribution in [3.63, 3.8) is 0 Å². The zero-order chi connectivity index (χ0) is 16.2. The number of rotatable bonds is 4. The summed E-state index contributed by atoms with van der Waals surface area (Å²) in [7, 11) is 0. The molecule has 7 heteroatoms. The highest BCUT2D eigenvalue weighted by Crippen LogP contribution is 2.16. The highest BCUT2D eigenvalue weighted by atomic mass is 79.9. The lowest BCUT2D eigenvalue weighted by Crippen LogP contribution is -2.44. The van der Waals surface area contributed by atoms with E-state index in [9.17, 15) is 5.26 Å². The Labute approximate surface area is 143 Å². The molecule has 120 valence electrons. The van der Waals surface area contributed by atoms with Gasteiger partial charge in [0.05, 0.1) is 36.4 Å². The molecule has 1 aliphatic heterocycles. The molecule has 23 heavy (non-hydrogen) atoms. The monoisotopic (exact) mass is 375 g/mol. The van der Waals surface area contributed by atoms with Gasteiger partial charge in [-0.05, 0) is 31.2 Å². The van der Waals surface area contributed by atoms with Gasteiger partial charge >= 0.3 is 0 Å². The Kier molecular flexibility index (Phi) is 5.06. The lowest BCUT2D eigenvalue weighted by atomic mass is 10.1. The fraction of sp³-hybridized carbons (Fsp3) is 0.438.